The van der Waals surface area contributed by atoms with Crippen molar-refractivity contribution in [1.82, 2.24) is 24.1 Å². The molecule has 0 unspecified atom stereocenters. The summed E-state index contributed by atoms with van der Waals surface area (Å²) < 4.78 is 3.85. The molecular weight excluding hydrogens is 498 g/mol. The summed E-state index contributed by atoms with van der Waals surface area (Å²) in [6, 6.07) is 27.9. The Morgan fingerprint density at radius 2 is 1.48 bits per heavy atom. The SMILES string of the molecule is CC(C)CCn1c(=O)c2ccccc2n2c(CN3CCC(C(O)(c4ccccc4)c4ccccc4)CC3)nnc12. The monoisotopic (exact) mass is 535 g/mol. The van der Waals surface area contributed by atoms with Crippen molar-refractivity contribution in [3.05, 3.63) is 112 Å². The molecule has 206 valence electrons. The van der Waals surface area contributed by atoms with Crippen LogP contribution >= 0.6 is 0 Å². The molecule has 1 saturated heterocycles. The standard InChI is InChI=1S/C33H37N5O2/c1-24(2)17-22-37-31(39)28-15-9-10-16-29(28)38-30(34-35-32(37)38)23-36-20-18-27(19-21-36)33(40,25-11-5-3-6-12-25)26-13-7-4-8-14-26/h3-16,24,27,40H,17-23H2,1-2H3. The van der Waals surface area contributed by atoms with Crippen LogP contribution in [0.2, 0.25) is 0 Å². The van der Waals surface area contributed by atoms with Crippen LogP contribution in [0.5, 0.6) is 0 Å². The maximum atomic E-state index is 13.4. The van der Waals surface area contributed by atoms with E-state index in [0.717, 1.165) is 54.8 Å². The molecule has 0 bridgehead atoms. The number of aryl methyl sites for hydroxylation is 1. The molecule has 0 spiro atoms. The molecule has 2 aromatic heterocycles. The predicted molar refractivity (Wildman–Crippen MR) is 158 cm³/mol. The number of likely N-dealkylation sites (tertiary alicyclic amines) is 1. The van der Waals surface area contributed by atoms with Gasteiger partial charge in [-0.25, -0.2) is 0 Å². The fourth-order valence-electron chi connectivity index (χ4n) is 6.24. The molecule has 7 nitrogen and oxygen atoms in total. The molecule has 1 N–H and O–H groups in total. The van der Waals surface area contributed by atoms with Crippen LogP contribution in [0, 0.1) is 11.8 Å². The zero-order valence-corrected chi connectivity index (χ0v) is 23.3. The Morgan fingerprint density at radius 3 is 2.10 bits per heavy atom. The lowest BCUT2D eigenvalue weighted by molar-refractivity contribution is -0.0155. The highest BCUT2D eigenvalue weighted by Gasteiger charge is 2.41. The Balaban J connectivity index is 1.28. The first-order valence-electron chi connectivity index (χ1n) is 14.4. The quantitative estimate of drug-likeness (QED) is 0.294. The van der Waals surface area contributed by atoms with Crippen molar-refractivity contribution in [3.63, 3.8) is 0 Å². The molecule has 1 aliphatic heterocycles. The maximum absolute atomic E-state index is 13.4. The van der Waals surface area contributed by atoms with E-state index >= 15 is 0 Å². The zero-order chi connectivity index (χ0) is 27.7. The Bertz CT molecular complexity index is 1610. The molecule has 0 radical (unpaired) electrons. The Morgan fingerprint density at radius 1 is 0.875 bits per heavy atom. The summed E-state index contributed by atoms with van der Waals surface area (Å²) in [7, 11) is 0. The van der Waals surface area contributed by atoms with Crippen LogP contribution < -0.4 is 5.56 Å². The van der Waals surface area contributed by atoms with Gasteiger partial charge in [-0.2, -0.15) is 0 Å². The van der Waals surface area contributed by atoms with Gasteiger partial charge in [0.15, 0.2) is 5.82 Å². The summed E-state index contributed by atoms with van der Waals surface area (Å²) in [6.07, 6.45) is 2.61. The maximum Gasteiger partial charge on any atom is 0.262 e. The third kappa shape index (κ3) is 4.73. The Labute approximate surface area is 234 Å². The van der Waals surface area contributed by atoms with Gasteiger partial charge in [-0.05, 0) is 67.4 Å². The molecule has 0 amide bonds. The van der Waals surface area contributed by atoms with Crippen molar-refractivity contribution in [2.45, 2.75) is 51.8 Å². The Hall–Kier alpha value is -3.81. The third-order valence-electron chi connectivity index (χ3n) is 8.48. The van der Waals surface area contributed by atoms with Crippen molar-refractivity contribution in [3.8, 4) is 0 Å². The normalized spacial score (nSPS) is 15.4. The van der Waals surface area contributed by atoms with E-state index in [9.17, 15) is 9.90 Å². The third-order valence-corrected chi connectivity index (χ3v) is 8.48. The number of aromatic nitrogens is 4. The van der Waals surface area contributed by atoms with E-state index in [1.807, 2.05) is 84.9 Å². The lowest BCUT2D eigenvalue weighted by atomic mass is 9.72. The van der Waals surface area contributed by atoms with E-state index < -0.39 is 5.60 Å². The average molecular weight is 536 g/mol. The van der Waals surface area contributed by atoms with Gasteiger partial charge in [0.2, 0.25) is 5.78 Å². The fraction of sp³-hybridized carbons (Fsp3) is 0.364. The van der Waals surface area contributed by atoms with Gasteiger partial charge in [-0.1, -0.05) is 86.6 Å². The highest BCUT2D eigenvalue weighted by Crippen LogP contribution is 2.42. The minimum atomic E-state index is -1.04. The first-order valence-corrected chi connectivity index (χ1v) is 14.4. The summed E-state index contributed by atoms with van der Waals surface area (Å²) in [5.41, 5.74) is 1.67. The summed E-state index contributed by atoms with van der Waals surface area (Å²) in [4.78, 5) is 15.8. The number of para-hydroxylation sites is 1. The van der Waals surface area contributed by atoms with Crippen LogP contribution in [-0.2, 0) is 18.7 Å². The van der Waals surface area contributed by atoms with Gasteiger partial charge < -0.3 is 5.11 Å². The van der Waals surface area contributed by atoms with Gasteiger partial charge in [0.1, 0.15) is 5.60 Å². The molecule has 3 aromatic carbocycles. The zero-order valence-electron chi connectivity index (χ0n) is 23.3. The van der Waals surface area contributed by atoms with Crippen molar-refractivity contribution in [1.29, 1.82) is 0 Å². The summed E-state index contributed by atoms with van der Waals surface area (Å²) in [6.45, 7) is 7.26. The second-order valence-corrected chi connectivity index (χ2v) is 11.5. The Kier molecular flexibility index (Phi) is 7.26. The largest absolute Gasteiger partial charge is 0.380 e. The van der Waals surface area contributed by atoms with Crippen LogP contribution in [0.15, 0.2) is 89.7 Å². The molecule has 5 aromatic rings. The van der Waals surface area contributed by atoms with Gasteiger partial charge in [0.25, 0.3) is 5.56 Å². The number of aliphatic hydroxyl groups is 1. The summed E-state index contributed by atoms with van der Waals surface area (Å²) >= 11 is 0. The van der Waals surface area contributed by atoms with Crippen LogP contribution in [-0.4, -0.2) is 42.3 Å². The summed E-state index contributed by atoms with van der Waals surface area (Å²) in [5.74, 6) is 2.01. The second-order valence-electron chi connectivity index (χ2n) is 11.5. The summed E-state index contributed by atoms with van der Waals surface area (Å²) in [5, 5.41) is 22.0. The molecule has 3 heterocycles. The van der Waals surface area contributed by atoms with Gasteiger partial charge >= 0.3 is 0 Å². The number of nitrogens with zero attached hydrogens (tertiary/aromatic N) is 5. The number of rotatable bonds is 8. The van der Waals surface area contributed by atoms with E-state index in [-0.39, 0.29) is 11.5 Å². The fourth-order valence-corrected chi connectivity index (χ4v) is 6.24. The topological polar surface area (TPSA) is 75.7 Å². The van der Waals surface area contributed by atoms with Gasteiger partial charge in [-0.3, -0.25) is 18.7 Å². The minimum absolute atomic E-state index is 0.00961. The first-order chi connectivity index (χ1) is 19.5. The van der Waals surface area contributed by atoms with E-state index in [1.54, 1.807) is 4.57 Å². The number of benzene rings is 3. The predicted octanol–water partition coefficient (Wildman–Crippen LogP) is 5.24. The van der Waals surface area contributed by atoms with E-state index in [4.69, 9.17) is 0 Å². The number of hydrogen-bond donors (Lipinski definition) is 1. The minimum Gasteiger partial charge on any atom is -0.380 e. The lowest BCUT2D eigenvalue weighted by Crippen LogP contribution is -2.44. The van der Waals surface area contributed by atoms with E-state index in [2.05, 4.69) is 33.3 Å². The molecule has 1 fully saturated rings. The van der Waals surface area contributed by atoms with Crippen LogP contribution in [0.3, 0.4) is 0 Å². The number of hydrogen-bond acceptors (Lipinski definition) is 5. The highest BCUT2D eigenvalue weighted by molar-refractivity contribution is 5.80. The molecule has 6 rings (SSSR count). The van der Waals surface area contributed by atoms with Gasteiger partial charge in [0, 0.05) is 6.54 Å². The van der Waals surface area contributed by atoms with E-state index in [0.29, 0.717) is 30.2 Å². The highest BCUT2D eigenvalue weighted by atomic mass is 16.3. The van der Waals surface area contributed by atoms with Gasteiger partial charge in [0.05, 0.1) is 17.4 Å². The van der Waals surface area contributed by atoms with Crippen LogP contribution in [0.1, 0.15) is 50.1 Å². The molecule has 40 heavy (non-hydrogen) atoms. The lowest BCUT2D eigenvalue weighted by Gasteiger charge is -2.42. The number of fused-ring (bicyclic) bond motifs is 3. The molecule has 7 heteroatoms. The molecule has 0 atom stereocenters. The second kappa shape index (κ2) is 11.0. The molecule has 1 aliphatic rings. The average Bonchev–Trinajstić information content (AvgIpc) is 3.41. The van der Waals surface area contributed by atoms with E-state index in [1.165, 1.54) is 0 Å². The van der Waals surface area contributed by atoms with Crippen molar-refractivity contribution >= 4 is 16.7 Å². The smallest absolute Gasteiger partial charge is 0.262 e. The molecule has 0 saturated carbocycles. The molecule has 0 aliphatic carbocycles. The van der Waals surface area contributed by atoms with Crippen LogP contribution in [0.25, 0.3) is 16.7 Å². The van der Waals surface area contributed by atoms with Crippen molar-refractivity contribution < 1.29 is 5.11 Å². The number of piperidine rings is 1. The van der Waals surface area contributed by atoms with Crippen LogP contribution in [0.4, 0.5) is 0 Å². The van der Waals surface area contributed by atoms with Crippen molar-refractivity contribution in [2.24, 2.45) is 11.8 Å². The first kappa shape index (κ1) is 26.4. The van der Waals surface area contributed by atoms with Crippen molar-refractivity contribution in [2.75, 3.05) is 13.1 Å². The van der Waals surface area contributed by atoms with Gasteiger partial charge in [-0.15, -0.1) is 10.2 Å². The molecular formula is C33H37N5O2.